The van der Waals surface area contributed by atoms with Crippen LogP contribution in [0.25, 0.3) is 0 Å². The molecule has 1 rings (SSSR count). The van der Waals surface area contributed by atoms with E-state index in [9.17, 15) is 4.79 Å². The molecule has 1 atom stereocenters. The average molecular weight is 310 g/mol. The molecule has 1 heterocycles. The molecule has 0 fully saturated rings. The van der Waals surface area contributed by atoms with Crippen molar-refractivity contribution in [3.63, 3.8) is 0 Å². The summed E-state index contributed by atoms with van der Waals surface area (Å²) < 4.78 is 0. The van der Waals surface area contributed by atoms with Crippen molar-refractivity contribution in [3.8, 4) is 0 Å². The van der Waals surface area contributed by atoms with Crippen molar-refractivity contribution in [1.29, 1.82) is 0 Å². The summed E-state index contributed by atoms with van der Waals surface area (Å²) in [6.07, 6.45) is 0.470. The molecule has 1 aromatic rings. The minimum atomic E-state index is 0.116. The molecule has 1 unspecified atom stereocenters. The van der Waals surface area contributed by atoms with Crippen LogP contribution in [0.4, 0.5) is 0 Å². The Hall–Kier alpha value is -1.56. The van der Waals surface area contributed by atoms with Crippen molar-refractivity contribution in [1.82, 2.24) is 15.5 Å². The quantitative estimate of drug-likeness (QED) is 0.597. The van der Waals surface area contributed by atoms with Gasteiger partial charge in [-0.1, -0.05) is 6.92 Å². The van der Waals surface area contributed by atoms with Gasteiger partial charge in [0, 0.05) is 46.1 Å². The van der Waals surface area contributed by atoms with Crippen molar-refractivity contribution < 1.29 is 4.79 Å². The summed E-state index contributed by atoms with van der Waals surface area (Å²) in [6.45, 7) is 6.33. The fourth-order valence-electron chi connectivity index (χ4n) is 1.74. The van der Waals surface area contributed by atoms with Crippen molar-refractivity contribution >= 4 is 23.2 Å². The number of hydrogen-bond acceptors (Lipinski definition) is 3. The Morgan fingerprint density at radius 3 is 2.76 bits per heavy atom. The van der Waals surface area contributed by atoms with Crippen LogP contribution in [0, 0.1) is 0 Å². The third-order valence-corrected chi connectivity index (χ3v) is 3.81. The van der Waals surface area contributed by atoms with E-state index in [2.05, 4.69) is 39.4 Å². The van der Waals surface area contributed by atoms with Crippen LogP contribution >= 0.6 is 11.3 Å². The maximum atomic E-state index is 11.5. The van der Waals surface area contributed by atoms with Gasteiger partial charge in [0.25, 0.3) is 0 Å². The van der Waals surface area contributed by atoms with Crippen LogP contribution < -0.4 is 10.6 Å². The molecular formula is C15H26N4OS. The van der Waals surface area contributed by atoms with Crippen molar-refractivity contribution in [2.24, 2.45) is 4.99 Å². The molecule has 0 aliphatic carbocycles. The van der Waals surface area contributed by atoms with E-state index in [4.69, 9.17) is 0 Å². The highest BCUT2D eigenvalue weighted by atomic mass is 32.1. The van der Waals surface area contributed by atoms with Crippen LogP contribution in [-0.4, -0.2) is 50.5 Å². The second-order valence-electron chi connectivity index (χ2n) is 5.14. The third-order valence-electron chi connectivity index (χ3n) is 3.11. The van der Waals surface area contributed by atoms with E-state index < -0.39 is 0 Å². The maximum absolute atomic E-state index is 11.5. The molecule has 21 heavy (non-hydrogen) atoms. The standard InChI is InChI=1S/C15H26N4OS/c1-5-16-15(17-8-6-14(20)19(3)4)18-10-12(2)13-7-9-21-11-13/h7,9,11-12H,5-6,8,10H2,1-4H3,(H2,16,17,18). The highest BCUT2D eigenvalue weighted by Crippen LogP contribution is 2.18. The predicted molar refractivity (Wildman–Crippen MR) is 90.0 cm³/mol. The Balaban J connectivity index is 2.44. The lowest BCUT2D eigenvalue weighted by atomic mass is 10.1. The van der Waals surface area contributed by atoms with Gasteiger partial charge >= 0.3 is 0 Å². The molecule has 0 aliphatic heterocycles. The molecule has 0 radical (unpaired) electrons. The van der Waals surface area contributed by atoms with Crippen LogP contribution in [0.5, 0.6) is 0 Å². The fourth-order valence-corrected chi connectivity index (χ4v) is 2.52. The van der Waals surface area contributed by atoms with Crippen molar-refractivity contribution in [3.05, 3.63) is 22.4 Å². The predicted octanol–water partition coefficient (Wildman–Crippen LogP) is 1.89. The highest BCUT2D eigenvalue weighted by molar-refractivity contribution is 7.07. The van der Waals surface area contributed by atoms with E-state index in [0.717, 1.165) is 19.0 Å². The Morgan fingerprint density at radius 1 is 1.43 bits per heavy atom. The molecule has 5 nitrogen and oxygen atoms in total. The van der Waals surface area contributed by atoms with Crippen LogP contribution in [0.3, 0.4) is 0 Å². The number of rotatable bonds is 7. The lowest BCUT2D eigenvalue weighted by Crippen LogP contribution is -2.39. The third kappa shape index (κ3) is 6.62. The normalized spacial score (nSPS) is 12.9. The molecule has 0 saturated carbocycles. The first-order chi connectivity index (χ1) is 10.0. The number of nitrogens with one attached hydrogen (secondary N) is 2. The molecule has 0 aromatic carbocycles. The van der Waals surface area contributed by atoms with Gasteiger partial charge in [-0.15, -0.1) is 0 Å². The Bertz CT molecular complexity index is 443. The highest BCUT2D eigenvalue weighted by Gasteiger charge is 2.07. The van der Waals surface area contributed by atoms with Gasteiger partial charge in [0.1, 0.15) is 0 Å². The molecular weight excluding hydrogens is 284 g/mol. The molecule has 0 saturated heterocycles. The monoisotopic (exact) mass is 310 g/mol. The van der Waals surface area contributed by atoms with Gasteiger partial charge in [-0.2, -0.15) is 11.3 Å². The topological polar surface area (TPSA) is 56.7 Å². The fraction of sp³-hybridized carbons (Fsp3) is 0.600. The number of carbonyl (C=O) groups is 1. The summed E-state index contributed by atoms with van der Waals surface area (Å²) >= 11 is 1.71. The van der Waals surface area contributed by atoms with Gasteiger partial charge in [-0.25, -0.2) is 0 Å². The Morgan fingerprint density at radius 2 is 2.19 bits per heavy atom. The van der Waals surface area contributed by atoms with Crippen LogP contribution in [0.15, 0.2) is 21.8 Å². The molecule has 1 aromatic heterocycles. The summed E-state index contributed by atoms with van der Waals surface area (Å²) in [6, 6.07) is 2.14. The first-order valence-electron chi connectivity index (χ1n) is 7.29. The van der Waals surface area contributed by atoms with Gasteiger partial charge in [0.2, 0.25) is 5.91 Å². The van der Waals surface area contributed by atoms with Crippen LogP contribution in [-0.2, 0) is 4.79 Å². The van der Waals surface area contributed by atoms with Crippen molar-refractivity contribution in [2.75, 3.05) is 33.7 Å². The number of hydrogen-bond donors (Lipinski definition) is 2. The summed E-state index contributed by atoms with van der Waals surface area (Å²) in [5.41, 5.74) is 1.32. The minimum Gasteiger partial charge on any atom is -0.357 e. The number of carbonyl (C=O) groups excluding carboxylic acids is 1. The van der Waals surface area contributed by atoms with Crippen LogP contribution in [0.2, 0.25) is 0 Å². The molecule has 1 amide bonds. The second kappa shape index (κ2) is 9.39. The maximum Gasteiger partial charge on any atom is 0.223 e. The van der Waals surface area contributed by atoms with Gasteiger partial charge in [-0.05, 0) is 29.3 Å². The Labute approximate surface area is 131 Å². The average Bonchev–Trinajstić information content (AvgIpc) is 2.98. The molecule has 0 aliphatic rings. The first kappa shape index (κ1) is 17.5. The second-order valence-corrected chi connectivity index (χ2v) is 5.92. The number of amides is 1. The van der Waals surface area contributed by atoms with E-state index in [1.165, 1.54) is 5.56 Å². The van der Waals surface area contributed by atoms with E-state index in [1.807, 2.05) is 6.92 Å². The zero-order chi connectivity index (χ0) is 15.7. The number of nitrogens with zero attached hydrogens (tertiary/aromatic N) is 2. The van der Waals surface area contributed by atoms with Crippen LogP contribution in [0.1, 0.15) is 31.7 Å². The van der Waals surface area contributed by atoms with E-state index >= 15 is 0 Å². The molecule has 2 N–H and O–H groups in total. The van der Waals surface area contributed by atoms with E-state index in [1.54, 1.807) is 30.3 Å². The minimum absolute atomic E-state index is 0.116. The summed E-state index contributed by atoms with van der Waals surface area (Å²) in [5, 5.41) is 10.7. The number of thiophene rings is 1. The molecule has 0 bridgehead atoms. The van der Waals surface area contributed by atoms with E-state index in [-0.39, 0.29) is 5.91 Å². The van der Waals surface area contributed by atoms with Crippen molar-refractivity contribution in [2.45, 2.75) is 26.2 Å². The molecule has 0 spiro atoms. The zero-order valence-electron chi connectivity index (χ0n) is 13.3. The lowest BCUT2D eigenvalue weighted by molar-refractivity contribution is -0.128. The zero-order valence-corrected chi connectivity index (χ0v) is 14.2. The summed E-state index contributed by atoms with van der Waals surface area (Å²) in [4.78, 5) is 17.7. The summed E-state index contributed by atoms with van der Waals surface area (Å²) in [5.74, 6) is 1.28. The lowest BCUT2D eigenvalue weighted by Gasteiger charge is -2.14. The number of aliphatic imine (C=N–C) groups is 1. The first-order valence-corrected chi connectivity index (χ1v) is 8.23. The summed E-state index contributed by atoms with van der Waals surface area (Å²) in [7, 11) is 3.54. The Kier molecular flexibility index (Phi) is 7.82. The number of guanidine groups is 1. The molecule has 6 heteroatoms. The smallest absolute Gasteiger partial charge is 0.223 e. The molecule has 118 valence electrons. The van der Waals surface area contributed by atoms with Gasteiger partial charge in [0.15, 0.2) is 5.96 Å². The van der Waals surface area contributed by atoms with Gasteiger partial charge in [-0.3, -0.25) is 9.79 Å². The SMILES string of the molecule is CCNC(=NCC(C)c1ccsc1)NCCC(=O)N(C)C. The largest absolute Gasteiger partial charge is 0.357 e. The van der Waals surface area contributed by atoms with E-state index in [0.29, 0.717) is 18.9 Å². The van der Waals surface area contributed by atoms with Gasteiger partial charge < -0.3 is 15.5 Å². The van der Waals surface area contributed by atoms with Gasteiger partial charge in [0.05, 0.1) is 0 Å².